The second-order valence-electron chi connectivity index (χ2n) is 5.20. The fourth-order valence-corrected chi connectivity index (χ4v) is 3.66. The van der Waals surface area contributed by atoms with Gasteiger partial charge in [0, 0.05) is 30.3 Å². The maximum absolute atomic E-state index is 11.7. The molecule has 20 heavy (non-hydrogen) atoms. The number of nitrogens with one attached hydrogen (secondary N) is 3. The van der Waals surface area contributed by atoms with Crippen molar-refractivity contribution in [1.82, 2.24) is 16.0 Å². The Labute approximate surface area is 125 Å². The van der Waals surface area contributed by atoms with Gasteiger partial charge < -0.3 is 16.0 Å². The van der Waals surface area contributed by atoms with Gasteiger partial charge in [-0.3, -0.25) is 0 Å². The van der Waals surface area contributed by atoms with Gasteiger partial charge in [-0.05, 0) is 25.8 Å². The van der Waals surface area contributed by atoms with E-state index in [9.17, 15) is 4.79 Å². The molecule has 2 rings (SSSR count). The van der Waals surface area contributed by atoms with E-state index in [0.717, 1.165) is 13.0 Å². The summed E-state index contributed by atoms with van der Waals surface area (Å²) in [6, 6.07) is 0.0594. The number of amides is 2. The van der Waals surface area contributed by atoms with Crippen LogP contribution in [-0.4, -0.2) is 37.5 Å². The minimum Gasteiger partial charge on any atom is -0.337 e. The third kappa shape index (κ3) is 4.15. The van der Waals surface area contributed by atoms with Gasteiger partial charge in [-0.15, -0.1) is 11.8 Å². The average molecular weight is 293 g/mol. The number of allylic oxidation sites excluding steroid dienone is 3. The van der Waals surface area contributed by atoms with Crippen molar-refractivity contribution >= 4 is 17.8 Å². The molecule has 0 saturated carbocycles. The Kier molecular flexibility index (Phi) is 5.73. The molecule has 3 atom stereocenters. The van der Waals surface area contributed by atoms with E-state index in [1.54, 1.807) is 0 Å². The van der Waals surface area contributed by atoms with E-state index in [2.05, 4.69) is 52.6 Å². The van der Waals surface area contributed by atoms with Gasteiger partial charge in [0.2, 0.25) is 0 Å². The molecule has 110 valence electrons. The highest BCUT2D eigenvalue weighted by atomic mass is 32.2. The molecule has 2 aliphatic rings. The third-order valence-electron chi connectivity index (χ3n) is 3.47. The molecule has 0 aromatic carbocycles. The molecular formula is C15H23N3OS. The van der Waals surface area contributed by atoms with E-state index in [0.29, 0.717) is 17.7 Å². The third-order valence-corrected chi connectivity index (χ3v) is 4.67. The molecule has 0 saturated heterocycles. The van der Waals surface area contributed by atoms with Crippen molar-refractivity contribution in [3.05, 3.63) is 35.3 Å². The highest BCUT2D eigenvalue weighted by Gasteiger charge is 2.28. The number of urea groups is 1. The molecule has 5 heteroatoms. The van der Waals surface area contributed by atoms with Gasteiger partial charge >= 0.3 is 6.03 Å². The maximum atomic E-state index is 11.7. The lowest BCUT2D eigenvalue weighted by Gasteiger charge is -2.21. The zero-order valence-corrected chi connectivity index (χ0v) is 12.9. The van der Waals surface area contributed by atoms with Gasteiger partial charge in [-0.25, -0.2) is 4.79 Å². The summed E-state index contributed by atoms with van der Waals surface area (Å²) in [5, 5.41) is 11.6. The Morgan fingerprint density at radius 1 is 1.35 bits per heavy atom. The predicted octanol–water partition coefficient (Wildman–Crippen LogP) is 2.03. The largest absolute Gasteiger partial charge is 0.337 e. The lowest BCUT2D eigenvalue weighted by Crippen LogP contribution is -2.43. The van der Waals surface area contributed by atoms with Crippen molar-refractivity contribution in [2.24, 2.45) is 5.92 Å². The van der Waals surface area contributed by atoms with Crippen molar-refractivity contribution in [2.45, 2.75) is 24.6 Å². The van der Waals surface area contributed by atoms with Crippen LogP contribution in [0.1, 0.15) is 13.3 Å². The van der Waals surface area contributed by atoms with E-state index < -0.39 is 0 Å². The summed E-state index contributed by atoms with van der Waals surface area (Å²) in [4.78, 5) is 11.7. The highest BCUT2D eigenvalue weighted by Crippen LogP contribution is 2.40. The standard InChI is InChI=1S/C15H23N3OS/c1-11(18-15(19)17-8-7-16-2)9-12-10-20-14-6-4-3-5-13(12)14/h3-6,10-11,13-14,16H,7-9H2,1-2H3,(H2,17,18,19)/t11-,13?,14?/m1/s1. The first-order chi connectivity index (χ1) is 9.70. The molecular weight excluding hydrogens is 270 g/mol. The van der Waals surface area contributed by atoms with Crippen molar-refractivity contribution in [3.8, 4) is 0 Å². The molecule has 0 bridgehead atoms. The van der Waals surface area contributed by atoms with Crippen molar-refractivity contribution in [2.75, 3.05) is 20.1 Å². The SMILES string of the molecule is CNCCNC(=O)N[C@H](C)CC1=CSC2C=CC=CC12. The van der Waals surface area contributed by atoms with Crippen LogP contribution in [0.5, 0.6) is 0 Å². The lowest BCUT2D eigenvalue weighted by atomic mass is 9.89. The zero-order valence-electron chi connectivity index (χ0n) is 12.1. The number of thioether (sulfide) groups is 1. The van der Waals surface area contributed by atoms with Gasteiger partial charge in [-0.2, -0.15) is 0 Å². The molecule has 2 unspecified atom stereocenters. The van der Waals surface area contributed by atoms with Crippen LogP contribution < -0.4 is 16.0 Å². The van der Waals surface area contributed by atoms with Crippen LogP contribution in [-0.2, 0) is 0 Å². The van der Waals surface area contributed by atoms with Crippen molar-refractivity contribution in [1.29, 1.82) is 0 Å². The molecule has 0 aromatic rings. The molecule has 2 amide bonds. The van der Waals surface area contributed by atoms with Crippen molar-refractivity contribution in [3.63, 3.8) is 0 Å². The Morgan fingerprint density at radius 3 is 2.95 bits per heavy atom. The monoisotopic (exact) mass is 293 g/mol. The van der Waals surface area contributed by atoms with Crippen LogP contribution in [0.2, 0.25) is 0 Å². The number of hydrogen-bond donors (Lipinski definition) is 3. The summed E-state index contributed by atoms with van der Waals surface area (Å²) in [7, 11) is 1.87. The first-order valence-corrected chi connectivity index (χ1v) is 8.03. The quantitative estimate of drug-likeness (QED) is 0.657. The molecule has 0 radical (unpaired) electrons. The Bertz CT molecular complexity index is 431. The molecule has 0 fully saturated rings. The number of hydrogen-bond acceptors (Lipinski definition) is 3. The molecule has 0 aromatic heterocycles. The summed E-state index contributed by atoms with van der Waals surface area (Å²) in [6.07, 6.45) is 9.65. The number of carbonyl (C=O) groups is 1. The number of fused-ring (bicyclic) bond motifs is 1. The average Bonchev–Trinajstić information content (AvgIpc) is 2.82. The van der Waals surface area contributed by atoms with E-state index in [-0.39, 0.29) is 12.1 Å². The van der Waals surface area contributed by atoms with E-state index >= 15 is 0 Å². The van der Waals surface area contributed by atoms with E-state index in [1.807, 2.05) is 18.8 Å². The van der Waals surface area contributed by atoms with Gasteiger partial charge in [-0.1, -0.05) is 29.9 Å². The van der Waals surface area contributed by atoms with Gasteiger partial charge in [0.15, 0.2) is 0 Å². The minimum absolute atomic E-state index is 0.0883. The molecule has 3 N–H and O–H groups in total. The van der Waals surface area contributed by atoms with Crippen LogP contribution in [0.4, 0.5) is 4.79 Å². The molecule has 0 spiro atoms. The van der Waals surface area contributed by atoms with E-state index in [4.69, 9.17) is 0 Å². The Hall–Kier alpha value is -1.20. The summed E-state index contributed by atoms with van der Waals surface area (Å²) in [6.45, 7) is 3.48. The number of likely N-dealkylation sites (N-methyl/N-ethyl adjacent to an activating group) is 1. The molecule has 4 nitrogen and oxygen atoms in total. The maximum Gasteiger partial charge on any atom is 0.315 e. The number of carbonyl (C=O) groups excluding carboxylic acids is 1. The van der Waals surface area contributed by atoms with Crippen LogP contribution in [0.25, 0.3) is 0 Å². The zero-order chi connectivity index (χ0) is 14.4. The fraction of sp³-hybridized carbons (Fsp3) is 0.533. The summed E-state index contributed by atoms with van der Waals surface area (Å²) >= 11 is 1.88. The minimum atomic E-state index is -0.0883. The fourth-order valence-electron chi connectivity index (χ4n) is 2.46. The summed E-state index contributed by atoms with van der Waals surface area (Å²) < 4.78 is 0. The second-order valence-corrected chi connectivity index (χ2v) is 6.25. The van der Waals surface area contributed by atoms with E-state index in [1.165, 1.54) is 5.57 Å². The molecule has 1 aliphatic carbocycles. The Morgan fingerprint density at radius 2 is 2.15 bits per heavy atom. The van der Waals surface area contributed by atoms with Crippen LogP contribution in [0, 0.1) is 5.92 Å². The normalized spacial score (nSPS) is 25.0. The van der Waals surface area contributed by atoms with Crippen LogP contribution in [0.15, 0.2) is 35.3 Å². The summed E-state index contributed by atoms with van der Waals surface area (Å²) in [5.74, 6) is 0.501. The second kappa shape index (κ2) is 7.55. The van der Waals surface area contributed by atoms with Crippen LogP contribution >= 0.6 is 11.8 Å². The Balaban J connectivity index is 1.74. The van der Waals surface area contributed by atoms with Gasteiger partial charge in [0.05, 0.1) is 0 Å². The van der Waals surface area contributed by atoms with Crippen molar-refractivity contribution < 1.29 is 4.79 Å². The number of rotatable bonds is 6. The topological polar surface area (TPSA) is 53.2 Å². The lowest BCUT2D eigenvalue weighted by molar-refractivity contribution is 0.237. The van der Waals surface area contributed by atoms with Gasteiger partial charge in [0.1, 0.15) is 0 Å². The van der Waals surface area contributed by atoms with Crippen LogP contribution in [0.3, 0.4) is 0 Å². The molecule has 1 aliphatic heterocycles. The predicted molar refractivity (Wildman–Crippen MR) is 85.8 cm³/mol. The smallest absolute Gasteiger partial charge is 0.315 e. The summed E-state index contributed by atoms with van der Waals surface area (Å²) in [5.41, 5.74) is 1.42. The molecule has 1 heterocycles. The highest BCUT2D eigenvalue weighted by molar-refractivity contribution is 8.03. The first kappa shape index (κ1) is 15.2. The van der Waals surface area contributed by atoms with Gasteiger partial charge in [0.25, 0.3) is 0 Å². The first-order valence-electron chi connectivity index (χ1n) is 7.09.